The van der Waals surface area contributed by atoms with E-state index >= 15 is 0 Å². The molecule has 0 radical (unpaired) electrons. The second-order valence-electron chi connectivity index (χ2n) is 3.21. The zero-order valence-corrected chi connectivity index (χ0v) is 9.50. The van der Waals surface area contributed by atoms with E-state index in [4.69, 9.17) is 16.0 Å². The Kier molecular flexibility index (Phi) is 3.57. The van der Waals surface area contributed by atoms with Crippen molar-refractivity contribution in [3.05, 3.63) is 52.9 Å². The van der Waals surface area contributed by atoms with E-state index in [1.807, 2.05) is 0 Å². The number of phenols is 1. The van der Waals surface area contributed by atoms with Gasteiger partial charge >= 0.3 is 0 Å². The van der Waals surface area contributed by atoms with Crippen molar-refractivity contribution in [1.82, 2.24) is 0 Å². The number of furan rings is 1. The summed E-state index contributed by atoms with van der Waals surface area (Å²) in [5, 5.41) is 17.6. The topological polar surface area (TPSA) is 58.1 Å². The maximum absolute atomic E-state index is 9.50. The van der Waals surface area contributed by atoms with Crippen molar-refractivity contribution in [3.63, 3.8) is 0 Å². The van der Waals surface area contributed by atoms with E-state index in [9.17, 15) is 5.11 Å². The van der Waals surface area contributed by atoms with E-state index in [2.05, 4.69) is 10.2 Å². The predicted octanol–water partition coefficient (Wildman–Crippen LogP) is 3.09. The first-order chi connectivity index (χ1) is 8.25. The third-order valence-corrected chi connectivity index (χ3v) is 2.22. The van der Waals surface area contributed by atoms with Gasteiger partial charge in [-0.3, -0.25) is 0 Å². The zero-order chi connectivity index (χ0) is 12.1. The van der Waals surface area contributed by atoms with Crippen LogP contribution in [0.3, 0.4) is 0 Å². The Labute approximate surface area is 103 Å². The summed E-state index contributed by atoms with van der Waals surface area (Å²) < 4.78 is 5.03. The molecule has 5 heteroatoms. The molecule has 1 heterocycles. The molecule has 1 aromatic heterocycles. The van der Waals surface area contributed by atoms with Crippen LogP contribution in [0.25, 0.3) is 0 Å². The lowest BCUT2D eigenvalue weighted by Crippen LogP contribution is -1.82. The van der Waals surface area contributed by atoms with Crippen molar-refractivity contribution in [2.75, 3.05) is 0 Å². The fraction of sp³-hybridized carbons (Fsp3) is 0. The van der Waals surface area contributed by atoms with Crippen LogP contribution in [-0.4, -0.2) is 17.5 Å². The number of halogens is 1. The standard InChI is InChI=1S/C12H9ClN2O2/c13-10-3-4-12(16)9(6-10)7-14-15-8-11-2-1-5-17-11/h1-8,16H/b14-7+,15-8-. The molecule has 0 aliphatic rings. The molecule has 2 aromatic rings. The van der Waals surface area contributed by atoms with Crippen molar-refractivity contribution in [2.45, 2.75) is 0 Å². The van der Waals surface area contributed by atoms with E-state index in [1.165, 1.54) is 18.5 Å². The van der Waals surface area contributed by atoms with Gasteiger partial charge in [0, 0.05) is 10.6 Å². The number of aromatic hydroxyl groups is 1. The predicted molar refractivity (Wildman–Crippen MR) is 67.0 cm³/mol. The van der Waals surface area contributed by atoms with Crippen LogP contribution in [-0.2, 0) is 0 Å². The van der Waals surface area contributed by atoms with Crippen LogP contribution in [0.1, 0.15) is 11.3 Å². The van der Waals surface area contributed by atoms with Gasteiger partial charge in [-0.05, 0) is 30.3 Å². The van der Waals surface area contributed by atoms with Crippen molar-refractivity contribution in [3.8, 4) is 5.75 Å². The van der Waals surface area contributed by atoms with Crippen LogP contribution < -0.4 is 0 Å². The van der Waals surface area contributed by atoms with Gasteiger partial charge in [0.1, 0.15) is 11.5 Å². The van der Waals surface area contributed by atoms with Crippen molar-refractivity contribution < 1.29 is 9.52 Å². The lowest BCUT2D eigenvalue weighted by atomic mass is 10.2. The van der Waals surface area contributed by atoms with Crippen molar-refractivity contribution >= 4 is 24.0 Å². The Morgan fingerprint density at radius 1 is 1.18 bits per heavy atom. The molecule has 86 valence electrons. The average molecular weight is 249 g/mol. The minimum atomic E-state index is 0.103. The molecule has 0 fully saturated rings. The van der Waals surface area contributed by atoms with Crippen LogP contribution in [0, 0.1) is 0 Å². The summed E-state index contributed by atoms with van der Waals surface area (Å²) in [4.78, 5) is 0. The molecule has 0 bridgehead atoms. The highest BCUT2D eigenvalue weighted by Gasteiger charge is 1.98. The second kappa shape index (κ2) is 5.32. The monoisotopic (exact) mass is 248 g/mol. The van der Waals surface area contributed by atoms with Crippen LogP contribution in [0.2, 0.25) is 5.02 Å². The fourth-order valence-corrected chi connectivity index (χ4v) is 1.36. The van der Waals surface area contributed by atoms with Gasteiger partial charge in [-0.25, -0.2) is 0 Å². The van der Waals surface area contributed by atoms with Gasteiger partial charge < -0.3 is 9.52 Å². The van der Waals surface area contributed by atoms with Gasteiger partial charge in [0.25, 0.3) is 0 Å². The van der Waals surface area contributed by atoms with Crippen LogP contribution in [0.5, 0.6) is 5.75 Å². The molecule has 2 rings (SSSR count). The summed E-state index contributed by atoms with van der Waals surface area (Å²) in [6, 6.07) is 8.22. The minimum absolute atomic E-state index is 0.103. The number of rotatable bonds is 3. The van der Waals surface area contributed by atoms with E-state index in [0.717, 1.165) is 0 Å². The summed E-state index contributed by atoms with van der Waals surface area (Å²) in [6.07, 6.45) is 4.44. The van der Waals surface area contributed by atoms with Crippen molar-refractivity contribution in [1.29, 1.82) is 0 Å². The average Bonchev–Trinajstić information content (AvgIpc) is 2.82. The Morgan fingerprint density at radius 2 is 2.00 bits per heavy atom. The molecule has 0 saturated carbocycles. The first-order valence-electron chi connectivity index (χ1n) is 4.84. The van der Waals surface area contributed by atoms with E-state index in [-0.39, 0.29) is 5.75 Å². The molecule has 0 atom stereocenters. The highest BCUT2D eigenvalue weighted by Crippen LogP contribution is 2.19. The third-order valence-electron chi connectivity index (χ3n) is 1.98. The van der Waals surface area contributed by atoms with Crippen LogP contribution >= 0.6 is 11.6 Å². The number of phenolic OH excluding ortho intramolecular Hbond substituents is 1. The van der Waals surface area contributed by atoms with Gasteiger partial charge in [-0.15, -0.1) is 0 Å². The van der Waals surface area contributed by atoms with Crippen LogP contribution in [0.15, 0.2) is 51.2 Å². The van der Waals surface area contributed by atoms with Gasteiger partial charge in [0.2, 0.25) is 0 Å². The van der Waals surface area contributed by atoms with Crippen LogP contribution in [0.4, 0.5) is 0 Å². The third kappa shape index (κ3) is 3.19. The highest BCUT2D eigenvalue weighted by molar-refractivity contribution is 6.30. The quantitative estimate of drug-likeness (QED) is 0.670. The normalized spacial score (nSPS) is 11.6. The minimum Gasteiger partial charge on any atom is -0.507 e. The zero-order valence-electron chi connectivity index (χ0n) is 8.75. The van der Waals surface area contributed by atoms with Gasteiger partial charge in [-0.2, -0.15) is 10.2 Å². The Bertz CT molecular complexity index is 548. The molecule has 0 aliphatic carbocycles. The molecule has 0 spiro atoms. The fourth-order valence-electron chi connectivity index (χ4n) is 1.18. The first-order valence-corrected chi connectivity index (χ1v) is 5.22. The van der Waals surface area contributed by atoms with Gasteiger partial charge in [0.15, 0.2) is 0 Å². The SMILES string of the molecule is Oc1ccc(Cl)cc1/C=N/N=C\c1ccco1. The summed E-state index contributed by atoms with van der Waals surface area (Å²) in [5.74, 6) is 0.712. The first kappa shape index (κ1) is 11.4. The molecular formula is C12H9ClN2O2. The highest BCUT2D eigenvalue weighted by atomic mass is 35.5. The van der Waals surface area contributed by atoms with E-state index in [1.54, 1.807) is 30.5 Å². The number of nitrogens with zero attached hydrogens (tertiary/aromatic N) is 2. The van der Waals surface area contributed by atoms with Gasteiger partial charge in [0.05, 0.1) is 18.7 Å². The van der Waals surface area contributed by atoms with E-state index in [0.29, 0.717) is 16.3 Å². The largest absolute Gasteiger partial charge is 0.507 e. The summed E-state index contributed by atoms with van der Waals surface area (Å²) >= 11 is 5.78. The molecule has 17 heavy (non-hydrogen) atoms. The lowest BCUT2D eigenvalue weighted by Gasteiger charge is -1.97. The summed E-state index contributed by atoms with van der Waals surface area (Å²) in [7, 11) is 0. The second-order valence-corrected chi connectivity index (χ2v) is 3.64. The molecule has 0 saturated heterocycles. The molecule has 0 unspecified atom stereocenters. The molecule has 0 amide bonds. The lowest BCUT2D eigenvalue weighted by molar-refractivity contribution is 0.474. The number of hydrogen-bond acceptors (Lipinski definition) is 4. The molecule has 0 aliphatic heterocycles. The Hall–Kier alpha value is -2.07. The van der Waals surface area contributed by atoms with Crippen molar-refractivity contribution in [2.24, 2.45) is 10.2 Å². The molecule has 4 nitrogen and oxygen atoms in total. The molecule has 1 aromatic carbocycles. The summed E-state index contributed by atoms with van der Waals surface area (Å²) in [5.41, 5.74) is 0.508. The number of hydrogen-bond donors (Lipinski definition) is 1. The summed E-state index contributed by atoms with van der Waals surface area (Å²) in [6.45, 7) is 0. The van der Waals surface area contributed by atoms with E-state index < -0.39 is 0 Å². The maximum atomic E-state index is 9.50. The Morgan fingerprint density at radius 3 is 2.76 bits per heavy atom. The van der Waals surface area contributed by atoms with Gasteiger partial charge in [-0.1, -0.05) is 11.6 Å². The molecule has 1 N–H and O–H groups in total. The Balaban J connectivity index is 2.08. The number of benzene rings is 1. The molecular weight excluding hydrogens is 240 g/mol. The maximum Gasteiger partial charge on any atom is 0.146 e. The smallest absolute Gasteiger partial charge is 0.146 e.